The number of carbonyl (C=O) groups is 2. The Balaban J connectivity index is 2.69. The van der Waals surface area contributed by atoms with E-state index in [2.05, 4.69) is 10.6 Å². The molecule has 0 fully saturated rings. The summed E-state index contributed by atoms with van der Waals surface area (Å²) in [6.07, 6.45) is -1.98. The first-order chi connectivity index (χ1) is 10.3. The molecule has 0 unspecified atom stereocenters. The number of carbonyl (C=O) groups excluding carboxylic acids is 2. The number of unbranched alkanes of at least 4 members (excludes halogenated alkanes) is 2. The summed E-state index contributed by atoms with van der Waals surface area (Å²) in [6, 6.07) is 2.49. The van der Waals surface area contributed by atoms with E-state index in [1.807, 2.05) is 6.92 Å². The second kappa shape index (κ2) is 8.03. The van der Waals surface area contributed by atoms with Gasteiger partial charge in [0, 0.05) is 6.54 Å². The van der Waals surface area contributed by atoms with E-state index in [9.17, 15) is 22.8 Å². The van der Waals surface area contributed by atoms with Crippen molar-refractivity contribution < 1.29 is 22.8 Å². The molecule has 2 amide bonds. The zero-order valence-electron chi connectivity index (χ0n) is 11.9. The molecule has 1 aromatic carbocycles. The van der Waals surface area contributed by atoms with Gasteiger partial charge in [0.05, 0.1) is 16.3 Å². The van der Waals surface area contributed by atoms with Gasteiger partial charge in [-0.2, -0.15) is 13.2 Å². The summed E-state index contributed by atoms with van der Waals surface area (Å²) in [5.74, 6) is -1.97. The molecule has 0 aliphatic rings. The Kier molecular flexibility index (Phi) is 6.67. The van der Waals surface area contributed by atoms with Gasteiger partial charge in [0.25, 0.3) is 0 Å². The van der Waals surface area contributed by atoms with Gasteiger partial charge in [-0.1, -0.05) is 31.4 Å². The molecule has 0 aliphatic carbocycles. The fourth-order valence-electron chi connectivity index (χ4n) is 1.63. The third-order valence-corrected chi connectivity index (χ3v) is 3.14. The number of alkyl halides is 3. The Hall–Kier alpha value is -1.76. The van der Waals surface area contributed by atoms with Crippen molar-refractivity contribution in [2.75, 3.05) is 11.9 Å². The summed E-state index contributed by atoms with van der Waals surface area (Å²) in [7, 11) is 0. The van der Waals surface area contributed by atoms with Gasteiger partial charge in [-0.15, -0.1) is 0 Å². The molecule has 0 saturated carbocycles. The van der Waals surface area contributed by atoms with Crippen LogP contribution in [0.2, 0.25) is 5.02 Å². The normalized spacial score (nSPS) is 11.1. The van der Waals surface area contributed by atoms with Crippen molar-refractivity contribution in [3.63, 3.8) is 0 Å². The minimum Gasteiger partial charge on any atom is -0.348 e. The maximum atomic E-state index is 12.6. The average Bonchev–Trinajstić information content (AvgIpc) is 2.44. The molecule has 0 bridgehead atoms. The van der Waals surface area contributed by atoms with Crippen LogP contribution in [-0.2, 0) is 15.8 Å². The van der Waals surface area contributed by atoms with Crippen molar-refractivity contribution in [2.45, 2.75) is 32.4 Å². The molecule has 22 heavy (non-hydrogen) atoms. The summed E-state index contributed by atoms with van der Waals surface area (Å²) < 4.78 is 37.8. The highest BCUT2D eigenvalue weighted by molar-refractivity contribution is 6.41. The number of halogens is 4. The molecule has 0 heterocycles. The fraction of sp³-hybridized carbons (Fsp3) is 0.429. The highest BCUT2D eigenvalue weighted by Crippen LogP contribution is 2.33. The summed E-state index contributed by atoms with van der Waals surface area (Å²) >= 11 is 5.73. The van der Waals surface area contributed by atoms with Crippen LogP contribution >= 0.6 is 11.6 Å². The van der Waals surface area contributed by atoms with E-state index >= 15 is 0 Å². The summed E-state index contributed by atoms with van der Waals surface area (Å²) in [5, 5.41) is 4.38. The number of rotatable bonds is 5. The zero-order chi connectivity index (χ0) is 16.8. The van der Waals surface area contributed by atoms with Crippen LogP contribution in [0.1, 0.15) is 31.7 Å². The monoisotopic (exact) mass is 336 g/mol. The Morgan fingerprint density at radius 2 is 1.86 bits per heavy atom. The smallest absolute Gasteiger partial charge is 0.348 e. The van der Waals surface area contributed by atoms with Crippen molar-refractivity contribution in [3.8, 4) is 0 Å². The maximum absolute atomic E-state index is 12.6. The van der Waals surface area contributed by atoms with Gasteiger partial charge in [0.1, 0.15) is 0 Å². The van der Waals surface area contributed by atoms with E-state index in [1.54, 1.807) is 0 Å². The Bertz CT molecular complexity index is 547. The molecular formula is C14H16ClF3N2O2. The second-order valence-corrected chi connectivity index (χ2v) is 5.02. The molecule has 8 heteroatoms. The molecule has 0 aliphatic heterocycles. The van der Waals surface area contributed by atoms with Gasteiger partial charge >= 0.3 is 18.0 Å². The number of benzene rings is 1. The second-order valence-electron chi connectivity index (χ2n) is 4.61. The molecule has 0 atom stereocenters. The van der Waals surface area contributed by atoms with Crippen LogP contribution in [0.25, 0.3) is 0 Å². The number of anilines is 1. The van der Waals surface area contributed by atoms with E-state index in [0.29, 0.717) is 12.6 Å². The lowest BCUT2D eigenvalue weighted by Gasteiger charge is -2.11. The lowest BCUT2D eigenvalue weighted by atomic mass is 10.2. The molecule has 1 rings (SSSR count). The van der Waals surface area contributed by atoms with Gasteiger partial charge in [0.2, 0.25) is 0 Å². The quantitative estimate of drug-likeness (QED) is 0.637. The molecular weight excluding hydrogens is 321 g/mol. The van der Waals surface area contributed by atoms with E-state index in [4.69, 9.17) is 11.6 Å². The molecule has 1 aromatic rings. The standard InChI is InChI=1S/C14H16ClF3N2O2/c1-2-3-4-7-19-12(21)13(22)20-11-8-9(14(16,17)18)5-6-10(11)15/h5-6,8H,2-4,7H2,1H3,(H,19,21)(H,20,22). The molecule has 0 saturated heterocycles. The first-order valence-electron chi connectivity index (χ1n) is 6.71. The zero-order valence-corrected chi connectivity index (χ0v) is 12.6. The lowest BCUT2D eigenvalue weighted by molar-refractivity contribution is -0.137. The molecule has 122 valence electrons. The van der Waals surface area contributed by atoms with Crippen molar-refractivity contribution in [3.05, 3.63) is 28.8 Å². The predicted molar refractivity (Wildman–Crippen MR) is 77.6 cm³/mol. The van der Waals surface area contributed by atoms with E-state index in [1.165, 1.54) is 0 Å². The summed E-state index contributed by atoms with van der Waals surface area (Å²) in [4.78, 5) is 23.1. The number of amides is 2. The first-order valence-corrected chi connectivity index (χ1v) is 7.09. The van der Waals surface area contributed by atoms with E-state index in [0.717, 1.165) is 31.4 Å². The van der Waals surface area contributed by atoms with Gasteiger partial charge in [-0.3, -0.25) is 9.59 Å². The van der Waals surface area contributed by atoms with Gasteiger partial charge in [-0.05, 0) is 24.6 Å². The molecule has 0 aromatic heterocycles. The van der Waals surface area contributed by atoms with E-state index in [-0.39, 0.29) is 10.7 Å². The number of nitrogens with one attached hydrogen (secondary N) is 2. The fourth-order valence-corrected chi connectivity index (χ4v) is 1.80. The summed E-state index contributed by atoms with van der Waals surface area (Å²) in [5.41, 5.74) is -1.22. The van der Waals surface area contributed by atoms with Crippen molar-refractivity contribution in [1.82, 2.24) is 5.32 Å². The Morgan fingerprint density at radius 3 is 2.45 bits per heavy atom. The van der Waals surface area contributed by atoms with Gasteiger partial charge in [-0.25, -0.2) is 0 Å². The van der Waals surface area contributed by atoms with Crippen molar-refractivity contribution >= 4 is 29.1 Å². The average molecular weight is 337 g/mol. The minimum absolute atomic E-state index is 0.0832. The maximum Gasteiger partial charge on any atom is 0.416 e. The highest BCUT2D eigenvalue weighted by atomic mass is 35.5. The van der Waals surface area contributed by atoms with Crippen LogP contribution in [-0.4, -0.2) is 18.4 Å². The van der Waals surface area contributed by atoms with Crippen molar-refractivity contribution in [2.24, 2.45) is 0 Å². The SMILES string of the molecule is CCCCCNC(=O)C(=O)Nc1cc(C(F)(F)F)ccc1Cl. The summed E-state index contributed by atoms with van der Waals surface area (Å²) in [6.45, 7) is 2.32. The van der Waals surface area contributed by atoms with Crippen LogP contribution in [0.5, 0.6) is 0 Å². The van der Waals surface area contributed by atoms with Crippen molar-refractivity contribution in [1.29, 1.82) is 0 Å². The molecule has 2 N–H and O–H groups in total. The van der Waals surface area contributed by atoms with Crippen LogP contribution in [0, 0.1) is 0 Å². The first kappa shape index (κ1) is 18.3. The lowest BCUT2D eigenvalue weighted by Crippen LogP contribution is -2.36. The number of hydrogen-bond donors (Lipinski definition) is 2. The third-order valence-electron chi connectivity index (χ3n) is 2.81. The number of hydrogen-bond acceptors (Lipinski definition) is 2. The molecule has 0 spiro atoms. The van der Waals surface area contributed by atoms with Gasteiger partial charge in [0.15, 0.2) is 0 Å². The van der Waals surface area contributed by atoms with Crippen LogP contribution < -0.4 is 10.6 Å². The van der Waals surface area contributed by atoms with Gasteiger partial charge < -0.3 is 10.6 Å². The van der Waals surface area contributed by atoms with Crippen LogP contribution in [0.3, 0.4) is 0 Å². The minimum atomic E-state index is -4.56. The highest BCUT2D eigenvalue weighted by Gasteiger charge is 2.31. The van der Waals surface area contributed by atoms with Crippen LogP contribution in [0.4, 0.5) is 18.9 Å². The van der Waals surface area contributed by atoms with Crippen LogP contribution in [0.15, 0.2) is 18.2 Å². The predicted octanol–water partition coefficient (Wildman–Crippen LogP) is 3.60. The Morgan fingerprint density at radius 1 is 1.18 bits per heavy atom. The largest absolute Gasteiger partial charge is 0.416 e. The Labute approximate surface area is 131 Å². The van der Waals surface area contributed by atoms with E-state index < -0.39 is 23.6 Å². The molecule has 0 radical (unpaired) electrons. The molecule has 4 nitrogen and oxygen atoms in total. The topological polar surface area (TPSA) is 58.2 Å². The third kappa shape index (κ3) is 5.55.